The van der Waals surface area contributed by atoms with E-state index >= 15 is 0 Å². The van der Waals surface area contributed by atoms with Crippen LogP contribution >= 0.6 is 11.8 Å². The van der Waals surface area contributed by atoms with Crippen LogP contribution in [0.2, 0.25) is 0 Å². The molecule has 4 N–H and O–H groups in total. The van der Waals surface area contributed by atoms with Crippen LogP contribution in [0, 0.1) is 6.92 Å². The lowest BCUT2D eigenvalue weighted by Crippen LogP contribution is -2.25. The fourth-order valence-corrected chi connectivity index (χ4v) is 2.85. The monoisotopic (exact) mass is 373 g/mol. The molecule has 0 aliphatic rings. The molecule has 0 saturated heterocycles. The second-order valence-electron chi connectivity index (χ2n) is 5.81. The number of thioether (sulfide) groups is 1. The molecule has 2 aromatic rings. The van der Waals surface area contributed by atoms with Crippen LogP contribution < -0.4 is 21.1 Å². The third kappa shape index (κ3) is 5.70. The second kappa shape index (κ2) is 9.15. The van der Waals surface area contributed by atoms with Gasteiger partial charge >= 0.3 is 0 Å². The first kappa shape index (κ1) is 19.7. The molecule has 2 aromatic carbocycles. The maximum Gasteiger partial charge on any atom is 0.237 e. The smallest absolute Gasteiger partial charge is 0.237 e. The fourth-order valence-electron chi connectivity index (χ4n) is 2.17. The van der Waals surface area contributed by atoms with Crippen LogP contribution in [0.25, 0.3) is 0 Å². The first-order chi connectivity index (χ1) is 12.4. The Kier molecular flexibility index (Phi) is 6.91. The minimum absolute atomic E-state index is 0.146. The van der Waals surface area contributed by atoms with E-state index in [2.05, 4.69) is 10.6 Å². The normalized spacial score (nSPS) is 11.5. The maximum absolute atomic E-state index is 12.3. The molecule has 0 spiro atoms. The van der Waals surface area contributed by atoms with Gasteiger partial charge in [-0.25, -0.2) is 0 Å². The average molecular weight is 373 g/mol. The Balaban J connectivity index is 1.82. The van der Waals surface area contributed by atoms with E-state index < -0.39 is 0 Å². The molecule has 0 heterocycles. The molecule has 0 aliphatic heterocycles. The molecule has 1 atom stereocenters. The number of nitrogens with two attached hydrogens (primary N) is 1. The van der Waals surface area contributed by atoms with Crippen LogP contribution in [0.5, 0.6) is 5.75 Å². The number of nitrogen functional groups attached to an aromatic ring is 1. The molecule has 0 radical (unpaired) electrons. The third-order valence-electron chi connectivity index (χ3n) is 3.67. The molecule has 1 unspecified atom stereocenters. The van der Waals surface area contributed by atoms with Gasteiger partial charge in [-0.3, -0.25) is 9.59 Å². The zero-order valence-corrected chi connectivity index (χ0v) is 15.9. The summed E-state index contributed by atoms with van der Waals surface area (Å²) in [6.07, 6.45) is 0. The van der Waals surface area contributed by atoms with E-state index in [0.29, 0.717) is 17.1 Å². The van der Waals surface area contributed by atoms with E-state index in [4.69, 9.17) is 10.5 Å². The Hall–Kier alpha value is -2.67. The molecule has 138 valence electrons. The number of nitrogens with one attached hydrogen (secondary N) is 2. The summed E-state index contributed by atoms with van der Waals surface area (Å²) in [5, 5.41) is 5.21. The number of amides is 2. The van der Waals surface area contributed by atoms with Crippen LogP contribution in [0.4, 0.5) is 17.1 Å². The number of rotatable bonds is 7. The van der Waals surface area contributed by atoms with Crippen molar-refractivity contribution in [3.05, 3.63) is 48.0 Å². The molecule has 2 rings (SSSR count). The minimum Gasteiger partial charge on any atom is -0.495 e. The molecule has 0 aromatic heterocycles. The summed E-state index contributed by atoms with van der Waals surface area (Å²) >= 11 is 1.27. The van der Waals surface area contributed by atoms with Crippen LogP contribution in [-0.4, -0.2) is 29.9 Å². The molecule has 2 amide bonds. The highest BCUT2D eigenvalue weighted by Crippen LogP contribution is 2.25. The van der Waals surface area contributed by atoms with Gasteiger partial charge in [-0.1, -0.05) is 17.7 Å². The van der Waals surface area contributed by atoms with Crippen molar-refractivity contribution < 1.29 is 14.3 Å². The number of aryl methyl sites for hydroxylation is 1. The van der Waals surface area contributed by atoms with Gasteiger partial charge in [0, 0.05) is 11.4 Å². The summed E-state index contributed by atoms with van der Waals surface area (Å²) in [6.45, 7) is 3.74. The van der Waals surface area contributed by atoms with E-state index in [0.717, 1.165) is 11.3 Å². The Bertz CT molecular complexity index is 778. The Morgan fingerprint density at radius 2 is 1.77 bits per heavy atom. The predicted molar refractivity (Wildman–Crippen MR) is 108 cm³/mol. The second-order valence-corrected chi connectivity index (χ2v) is 7.14. The Morgan fingerprint density at radius 3 is 2.38 bits per heavy atom. The summed E-state index contributed by atoms with van der Waals surface area (Å²) in [6, 6.07) is 12.6. The lowest BCUT2D eigenvalue weighted by molar-refractivity contribution is -0.115. The van der Waals surface area contributed by atoms with Crippen LogP contribution in [0.1, 0.15) is 12.5 Å². The van der Waals surface area contributed by atoms with Crippen LogP contribution in [0.3, 0.4) is 0 Å². The highest BCUT2D eigenvalue weighted by Gasteiger charge is 2.16. The minimum atomic E-state index is -0.387. The highest BCUT2D eigenvalue weighted by atomic mass is 32.2. The predicted octanol–water partition coefficient (Wildman–Crippen LogP) is 3.28. The molecular formula is C19H23N3O3S. The number of hydrogen-bond donors (Lipinski definition) is 3. The highest BCUT2D eigenvalue weighted by molar-refractivity contribution is 8.01. The molecule has 0 bridgehead atoms. The van der Waals surface area contributed by atoms with E-state index in [9.17, 15) is 9.59 Å². The fraction of sp³-hybridized carbons (Fsp3) is 0.263. The quantitative estimate of drug-likeness (QED) is 0.648. The zero-order chi connectivity index (χ0) is 19.1. The molecule has 6 nitrogen and oxygen atoms in total. The first-order valence-electron chi connectivity index (χ1n) is 8.11. The van der Waals surface area contributed by atoms with Gasteiger partial charge in [-0.2, -0.15) is 0 Å². The number of carbonyl (C=O) groups is 2. The largest absolute Gasteiger partial charge is 0.495 e. The van der Waals surface area contributed by atoms with E-state index in [-0.39, 0.29) is 22.8 Å². The molecule has 0 saturated carbocycles. The topological polar surface area (TPSA) is 93.4 Å². The maximum atomic E-state index is 12.3. The van der Waals surface area contributed by atoms with Crippen LogP contribution in [0.15, 0.2) is 42.5 Å². The van der Waals surface area contributed by atoms with Crippen LogP contribution in [-0.2, 0) is 9.59 Å². The number of carbonyl (C=O) groups excluding carboxylic acids is 2. The Morgan fingerprint density at radius 1 is 1.12 bits per heavy atom. The summed E-state index contributed by atoms with van der Waals surface area (Å²) in [7, 11) is 1.53. The van der Waals surface area contributed by atoms with Crippen molar-refractivity contribution in [1.29, 1.82) is 0 Å². The lowest BCUT2D eigenvalue weighted by Gasteiger charge is -2.13. The molecule has 26 heavy (non-hydrogen) atoms. The number of ether oxygens (including phenoxy) is 1. The van der Waals surface area contributed by atoms with Gasteiger partial charge in [0.1, 0.15) is 5.75 Å². The van der Waals surface area contributed by atoms with Crippen molar-refractivity contribution in [3.63, 3.8) is 0 Å². The van der Waals surface area contributed by atoms with Gasteiger partial charge in [-0.05, 0) is 44.2 Å². The van der Waals surface area contributed by atoms with Gasteiger partial charge < -0.3 is 21.1 Å². The van der Waals surface area contributed by atoms with Crippen molar-refractivity contribution in [2.45, 2.75) is 19.1 Å². The molecule has 0 fully saturated rings. The van der Waals surface area contributed by atoms with Gasteiger partial charge in [-0.15, -0.1) is 11.8 Å². The molecule has 0 aliphatic carbocycles. The number of anilines is 3. The van der Waals surface area contributed by atoms with Gasteiger partial charge in [0.15, 0.2) is 0 Å². The molecular weight excluding hydrogens is 350 g/mol. The summed E-state index contributed by atoms with van der Waals surface area (Å²) in [4.78, 5) is 24.3. The third-order valence-corrected chi connectivity index (χ3v) is 4.81. The summed E-state index contributed by atoms with van der Waals surface area (Å²) < 4.78 is 5.09. The summed E-state index contributed by atoms with van der Waals surface area (Å²) in [5.41, 5.74) is 8.73. The standard InChI is InChI=1S/C19H23N3O3S/c1-12-4-6-14(7-5-12)21-18(23)11-26-13(2)19(24)22-15-8-9-17(25-3)16(20)10-15/h4-10,13H,11,20H2,1-3H3,(H,21,23)(H,22,24). The first-order valence-corrected chi connectivity index (χ1v) is 9.16. The SMILES string of the molecule is COc1ccc(NC(=O)C(C)SCC(=O)Nc2ccc(C)cc2)cc1N. The average Bonchev–Trinajstić information content (AvgIpc) is 2.61. The van der Waals surface area contributed by atoms with Gasteiger partial charge in [0.25, 0.3) is 0 Å². The van der Waals surface area contributed by atoms with Gasteiger partial charge in [0.2, 0.25) is 11.8 Å². The molecule has 7 heteroatoms. The van der Waals surface area contributed by atoms with E-state index in [1.807, 2.05) is 31.2 Å². The zero-order valence-electron chi connectivity index (χ0n) is 15.0. The summed E-state index contributed by atoms with van der Waals surface area (Å²) in [5.74, 6) is 0.404. The van der Waals surface area contributed by atoms with Crippen molar-refractivity contribution in [3.8, 4) is 5.75 Å². The van der Waals surface area contributed by atoms with Gasteiger partial charge in [0.05, 0.1) is 23.8 Å². The van der Waals surface area contributed by atoms with Crippen molar-refractivity contribution in [2.24, 2.45) is 0 Å². The van der Waals surface area contributed by atoms with Crippen molar-refractivity contribution in [2.75, 3.05) is 29.2 Å². The number of hydrogen-bond acceptors (Lipinski definition) is 5. The lowest BCUT2D eigenvalue weighted by atomic mass is 10.2. The van der Waals surface area contributed by atoms with Crippen molar-refractivity contribution in [1.82, 2.24) is 0 Å². The Labute approximate surface area is 157 Å². The number of benzene rings is 2. The van der Waals surface area contributed by atoms with Crippen molar-refractivity contribution >= 4 is 40.6 Å². The van der Waals surface area contributed by atoms with E-state index in [1.165, 1.54) is 18.9 Å². The number of methoxy groups -OCH3 is 1. The van der Waals surface area contributed by atoms with E-state index in [1.54, 1.807) is 25.1 Å².